The number of nitrogens with two attached hydrogens (primary N) is 1. The number of amides is 1. The molecular formula is C24H39N3O8. The number of carbonyl (C=O) groups excluding carboxylic acids is 1. The highest BCUT2D eigenvalue weighted by atomic mass is 16.5. The molecule has 11 heteroatoms. The number of piperidine rings is 1. The Morgan fingerprint density at radius 2 is 1.63 bits per heavy atom. The van der Waals surface area contributed by atoms with Crippen LogP contribution in [0, 0.1) is 0 Å². The number of nitrogens with zero attached hydrogens (tertiary/aromatic N) is 1. The van der Waals surface area contributed by atoms with E-state index in [1.54, 1.807) is 25.3 Å². The number of likely N-dealkylation sites (tertiary alicyclic amines) is 1. The number of hydrogen-bond donors (Lipinski definition) is 4. The van der Waals surface area contributed by atoms with Crippen LogP contribution in [0.1, 0.15) is 49.9 Å². The Kier molecular flexibility index (Phi) is 14.4. The predicted octanol–water partition coefficient (Wildman–Crippen LogP) is 1.59. The smallest absolute Gasteiger partial charge is 0.300 e. The summed E-state index contributed by atoms with van der Waals surface area (Å²) in [6.45, 7) is 6.75. The Morgan fingerprint density at radius 3 is 2.14 bits per heavy atom. The van der Waals surface area contributed by atoms with Gasteiger partial charge in [-0.2, -0.15) is 0 Å². The van der Waals surface area contributed by atoms with E-state index < -0.39 is 11.9 Å². The topological polar surface area (TPSA) is 161 Å². The molecule has 0 spiro atoms. The van der Waals surface area contributed by atoms with Crippen LogP contribution >= 0.6 is 0 Å². The van der Waals surface area contributed by atoms with Crippen molar-refractivity contribution >= 4 is 17.8 Å². The van der Waals surface area contributed by atoms with Gasteiger partial charge in [-0.15, -0.1) is 0 Å². The van der Waals surface area contributed by atoms with Gasteiger partial charge in [-0.25, -0.2) is 0 Å². The first-order valence-corrected chi connectivity index (χ1v) is 11.7. The Bertz CT molecular complexity index is 771. The van der Waals surface area contributed by atoms with E-state index in [1.165, 1.54) is 0 Å². The molecule has 1 amide bonds. The zero-order valence-corrected chi connectivity index (χ0v) is 20.8. The summed E-state index contributed by atoms with van der Waals surface area (Å²) < 4.78 is 16.3. The number of carbonyl (C=O) groups is 3. The van der Waals surface area contributed by atoms with Crippen LogP contribution in [0.5, 0.6) is 11.5 Å². The zero-order valence-electron chi connectivity index (χ0n) is 20.8. The first-order valence-electron chi connectivity index (χ1n) is 11.7. The van der Waals surface area contributed by atoms with Crippen LogP contribution in [0.3, 0.4) is 0 Å². The van der Waals surface area contributed by atoms with Crippen LogP contribution in [0.15, 0.2) is 18.2 Å². The Hall–Kier alpha value is -2.89. The van der Waals surface area contributed by atoms with Crippen LogP contribution in [0.2, 0.25) is 0 Å². The summed E-state index contributed by atoms with van der Waals surface area (Å²) in [7, 11) is 1.58. The SMILES string of the molecule is CC(=O)O.CC(=O)O.COc1ccc(C(=O)NC2CCN(C3CCOCC3)CC2)cc1OCCN. The molecule has 0 atom stereocenters. The highest BCUT2D eigenvalue weighted by Crippen LogP contribution is 2.28. The number of methoxy groups -OCH3 is 1. The fourth-order valence-electron chi connectivity index (χ4n) is 3.83. The Labute approximate surface area is 206 Å². The summed E-state index contributed by atoms with van der Waals surface area (Å²) in [4.78, 5) is 33.2. The van der Waals surface area contributed by atoms with Crippen molar-refractivity contribution in [3.63, 3.8) is 0 Å². The second-order valence-electron chi connectivity index (χ2n) is 8.17. The average molecular weight is 498 g/mol. The van der Waals surface area contributed by atoms with Gasteiger partial charge in [0.05, 0.1) is 7.11 Å². The maximum atomic E-state index is 12.7. The summed E-state index contributed by atoms with van der Waals surface area (Å²) >= 11 is 0. The van der Waals surface area contributed by atoms with Gasteiger partial charge in [0, 0.05) is 64.3 Å². The molecule has 3 rings (SSSR count). The number of carboxylic acids is 2. The van der Waals surface area contributed by atoms with E-state index in [-0.39, 0.29) is 11.9 Å². The van der Waals surface area contributed by atoms with E-state index in [2.05, 4.69) is 10.2 Å². The Morgan fingerprint density at radius 1 is 1.06 bits per heavy atom. The molecule has 2 aliphatic heterocycles. The maximum Gasteiger partial charge on any atom is 0.300 e. The standard InChI is InChI=1S/C20H31N3O4.2C2H4O2/c1-25-18-3-2-15(14-19(18)27-13-8-21)20(24)22-16-4-9-23(10-5-16)17-6-11-26-12-7-17;2*1-2(3)4/h2-3,14,16-17H,4-13,21H2,1H3,(H,22,24);2*1H3,(H,3,4). The molecule has 0 aliphatic carbocycles. The van der Waals surface area contributed by atoms with Crippen molar-refractivity contribution < 1.29 is 38.8 Å². The van der Waals surface area contributed by atoms with E-state index in [4.69, 9.17) is 39.7 Å². The van der Waals surface area contributed by atoms with Gasteiger partial charge < -0.3 is 40.4 Å². The molecule has 0 bridgehead atoms. The van der Waals surface area contributed by atoms with Crippen molar-refractivity contribution in [3.8, 4) is 11.5 Å². The average Bonchev–Trinajstić information content (AvgIpc) is 2.83. The summed E-state index contributed by atoms with van der Waals surface area (Å²) in [5.41, 5.74) is 6.08. The number of rotatable bonds is 7. The van der Waals surface area contributed by atoms with Crippen LogP contribution < -0.4 is 20.5 Å². The van der Waals surface area contributed by atoms with Gasteiger partial charge in [-0.05, 0) is 43.9 Å². The van der Waals surface area contributed by atoms with Crippen molar-refractivity contribution in [2.75, 3.05) is 46.6 Å². The molecule has 198 valence electrons. The lowest BCUT2D eigenvalue weighted by Crippen LogP contribution is -2.49. The van der Waals surface area contributed by atoms with Gasteiger partial charge in [0.25, 0.3) is 17.8 Å². The van der Waals surface area contributed by atoms with Crippen molar-refractivity contribution in [2.24, 2.45) is 5.73 Å². The molecular weight excluding hydrogens is 458 g/mol. The molecule has 1 aromatic carbocycles. The van der Waals surface area contributed by atoms with Crippen molar-refractivity contribution in [1.29, 1.82) is 0 Å². The van der Waals surface area contributed by atoms with Crippen molar-refractivity contribution in [1.82, 2.24) is 10.2 Å². The molecule has 2 aliphatic rings. The van der Waals surface area contributed by atoms with Crippen molar-refractivity contribution in [3.05, 3.63) is 23.8 Å². The lowest BCUT2D eigenvalue weighted by molar-refractivity contribution is -0.135. The van der Waals surface area contributed by atoms with Crippen LogP contribution in [0.25, 0.3) is 0 Å². The molecule has 2 heterocycles. The minimum atomic E-state index is -0.833. The van der Waals surface area contributed by atoms with Crippen LogP contribution in [-0.2, 0) is 14.3 Å². The number of hydrogen-bond acceptors (Lipinski definition) is 8. The number of carboxylic acid groups (broad SMARTS) is 2. The second-order valence-corrected chi connectivity index (χ2v) is 8.17. The molecule has 0 aromatic heterocycles. The molecule has 2 fully saturated rings. The normalized spacial score (nSPS) is 16.6. The number of aliphatic carboxylic acids is 2. The van der Waals surface area contributed by atoms with Gasteiger partial charge in [-0.3, -0.25) is 14.4 Å². The van der Waals surface area contributed by atoms with E-state index in [9.17, 15) is 4.79 Å². The lowest BCUT2D eigenvalue weighted by Gasteiger charge is -2.39. The predicted molar refractivity (Wildman–Crippen MR) is 130 cm³/mol. The van der Waals surface area contributed by atoms with Crippen LogP contribution in [0.4, 0.5) is 0 Å². The second kappa shape index (κ2) is 16.7. The molecule has 1 aromatic rings. The highest BCUT2D eigenvalue weighted by molar-refractivity contribution is 5.95. The first kappa shape index (κ1) is 30.1. The minimum absolute atomic E-state index is 0.0697. The molecule has 0 saturated carbocycles. The Balaban J connectivity index is 0.000000668. The number of nitrogens with one attached hydrogen (secondary N) is 1. The number of benzene rings is 1. The maximum absolute atomic E-state index is 12.7. The monoisotopic (exact) mass is 497 g/mol. The molecule has 35 heavy (non-hydrogen) atoms. The number of ether oxygens (including phenoxy) is 3. The third-order valence-electron chi connectivity index (χ3n) is 5.37. The van der Waals surface area contributed by atoms with E-state index in [1.807, 2.05) is 0 Å². The fraction of sp³-hybridized carbons (Fsp3) is 0.625. The highest BCUT2D eigenvalue weighted by Gasteiger charge is 2.27. The summed E-state index contributed by atoms with van der Waals surface area (Å²) in [6.07, 6.45) is 4.20. The zero-order chi connectivity index (χ0) is 26.2. The fourth-order valence-corrected chi connectivity index (χ4v) is 3.83. The molecule has 2 saturated heterocycles. The minimum Gasteiger partial charge on any atom is -0.493 e. The van der Waals surface area contributed by atoms with Gasteiger partial charge in [0.15, 0.2) is 11.5 Å². The first-order chi connectivity index (χ1) is 16.7. The van der Waals surface area contributed by atoms with Gasteiger partial charge >= 0.3 is 0 Å². The summed E-state index contributed by atoms with van der Waals surface area (Å²) in [5.74, 6) is -0.588. The third-order valence-corrected chi connectivity index (χ3v) is 5.37. The van der Waals surface area contributed by atoms with Gasteiger partial charge in [0.2, 0.25) is 0 Å². The van der Waals surface area contributed by atoms with Gasteiger partial charge in [0.1, 0.15) is 6.61 Å². The molecule has 5 N–H and O–H groups in total. The molecule has 0 unspecified atom stereocenters. The van der Waals surface area contributed by atoms with Crippen molar-refractivity contribution in [2.45, 2.75) is 51.6 Å². The molecule has 0 radical (unpaired) electrons. The van der Waals surface area contributed by atoms with E-state index in [0.29, 0.717) is 36.3 Å². The lowest BCUT2D eigenvalue weighted by atomic mass is 9.99. The quantitative estimate of drug-likeness (QED) is 0.435. The van der Waals surface area contributed by atoms with Crippen LogP contribution in [-0.4, -0.2) is 91.6 Å². The summed E-state index contributed by atoms with van der Waals surface area (Å²) in [6, 6.07) is 6.10. The van der Waals surface area contributed by atoms with Gasteiger partial charge in [-0.1, -0.05) is 0 Å². The molecule has 11 nitrogen and oxygen atoms in total. The van der Waals surface area contributed by atoms with E-state index in [0.717, 1.165) is 65.8 Å². The largest absolute Gasteiger partial charge is 0.493 e. The summed E-state index contributed by atoms with van der Waals surface area (Å²) in [5, 5.41) is 18.0. The van der Waals surface area contributed by atoms with E-state index >= 15 is 0 Å². The third kappa shape index (κ3) is 12.4.